The Kier molecular flexibility index (Phi) is 4.19. The third kappa shape index (κ3) is 3.76. The summed E-state index contributed by atoms with van der Waals surface area (Å²) in [5, 5.41) is 10.6. The predicted octanol–water partition coefficient (Wildman–Crippen LogP) is 2.56. The second-order valence-electron chi connectivity index (χ2n) is 5.72. The van der Waals surface area contributed by atoms with E-state index in [0.29, 0.717) is 0 Å². The Bertz CT molecular complexity index is 497. The maximum Gasteiger partial charge on any atom is 0.208 e. The third-order valence-electron chi connectivity index (χ3n) is 2.85. The Hall–Kier alpha value is -1.43. The van der Waals surface area contributed by atoms with Crippen LogP contribution in [0.2, 0.25) is 0 Å². The van der Waals surface area contributed by atoms with E-state index < -0.39 is 0 Å². The molecule has 2 heterocycles. The molecular formula is C13H21N5S. The zero-order valence-electron chi connectivity index (χ0n) is 12.0. The summed E-state index contributed by atoms with van der Waals surface area (Å²) in [6, 6.07) is 0. The molecule has 0 fully saturated rings. The smallest absolute Gasteiger partial charge is 0.208 e. The Labute approximate surface area is 118 Å². The molecule has 0 radical (unpaired) electrons. The Morgan fingerprint density at radius 1 is 1.32 bits per heavy atom. The average molecular weight is 279 g/mol. The SMILES string of the molecule is CN(CCCn1ccnc1)c1nnc(C(C)(C)C)s1. The maximum atomic E-state index is 4.28. The summed E-state index contributed by atoms with van der Waals surface area (Å²) in [5.74, 6) is 0. The number of imidazole rings is 1. The molecule has 0 amide bonds. The van der Waals surface area contributed by atoms with Crippen molar-refractivity contribution in [1.29, 1.82) is 0 Å². The van der Waals surface area contributed by atoms with E-state index in [-0.39, 0.29) is 5.41 Å². The number of hydrogen-bond donors (Lipinski definition) is 0. The minimum atomic E-state index is 0.0770. The normalized spacial score (nSPS) is 11.8. The summed E-state index contributed by atoms with van der Waals surface area (Å²) in [6.45, 7) is 8.44. The van der Waals surface area contributed by atoms with Gasteiger partial charge in [-0.3, -0.25) is 0 Å². The molecule has 0 saturated carbocycles. The van der Waals surface area contributed by atoms with Gasteiger partial charge in [0.1, 0.15) is 5.01 Å². The lowest BCUT2D eigenvalue weighted by atomic mass is 9.98. The van der Waals surface area contributed by atoms with Gasteiger partial charge in [0.2, 0.25) is 5.13 Å². The molecule has 0 bridgehead atoms. The summed E-state index contributed by atoms with van der Waals surface area (Å²) in [7, 11) is 2.07. The van der Waals surface area contributed by atoms with Crippen LogP contribution in [0.3, 0.4) is 0 Å². The molecule has 0 unspecified atom stereocenters. The van der Waals surface area contributed by atoms with E-state index in [1.165, 1.54) is 0 Å². The fraction of sp³-hybridized carbons (Fsp3) is 0.615. The first kappa shape index (κ1) is 14.0. The van der Waals surface area contributed by atoms with Crippen molar-refractivity contribution in [3.63, 3.8) is 0 Å². The van der Waals surface area contributed by atoms with Crippen LogP contribution in [0, 0.1) is 0 Å². The van der Waals surface area contributed by atoms with Crippen LogP contribution in [-0.4, -0.2) is 33.3 Å². The minimum absolute atomic E-state index is 0.0770. The Morgan fingerprint density at radius 3 is 2.68 bits per heavy atom. The first-order chi connectivity index (χ1) is 8.97. The fourth-order valence-electron chi connectivity index (χ4n) is 1.68. The molecule has 0 aliphatic rings. The highest BCUT2D eigenvalue weighted by Crippen LogP contribution is 2.29. The quantitative estimate of drug-likeness (QED) is 0.844. The number of aromatic nitrogens is 4. The third-order valence-corrected chi connectivity index (χ3v) is 4.31. The fourth-order valence-corrected chi connectivity index (χ4v) is 2.57. The highest BCUT2D eigenvalue weighted by Gasteiger charge is 2.20. The molecule has 0 N–H and O–H groups in total. The number of hydrogen-bond acceptors (Lipinski definition) is 5. The number of rotatable bonds is 5. The van der Waals surface area contributed by atoms with Crippen molar-refractivity contribution in [3.8, 4) is 0 Å². The minimum Gasteiger partial charge on any atom is -0.350 e. The molecule has 2 aromatic heterocycles. The predicted molar refractivity (Wildman–Crippen MR) is 78.7 cm³/mol. The van der Waals surface area contributed by atoms with Crippen molar-refractivity contribution in [1.82, 2.24) is 19.7 Å². The number of nitrogens with zero attached hydrogens (tertiary/aromatic N) is 5. The summed E-state index contributed by atoms with van der Waals surface area (Å²) in [5.41, 5.74) is 0.0770. The van der Waals surface area contributed by atoms with E-state index in [0.717, 1.165) is 29.6 Å². The van der Waals surface area contributed by atoms with Crippen LogP contribution in [-0.2, 0) is 12.0 Å². The molecule has 2 aromatic rings. The lowest BCUT2D eigenvalue weighted by molar-refractivity contribution is 0.578. The van der Waals surface area contributed by atoms with Gasteiger partial charge in [-0.1, -0.05) is 32.1 Å². The van der Waals surface area contributed by atoms with Crippen molar-refractivity contribution in [2.45, 2.75) is 39.2 Å². The summed E-state index contributed by atoms with van der Waals surface area (Å²) in [4.78, 5) is 6.21. The molecule has 5 nitrogen and oxygen atoms in total. The van der Waals surface area contributed by atoms with Gasteiger partial charge in [-0.15, -0.1) is 10.2 Å². The van der Waals surface area contributed by atoms with Crippen LogP contribution in [0.4, 0.5) is 5.13 Å². The monoisotopic (exact) mass is 279 g/mol. The van der Waals surface area contributed by atoms with E-state index in [9.17, 15) is 0 Å². The van der Waals surface area contributed by atoms with Crippen molar-refractivity contribution in [3.05, 3.63) is 23.7 Å². The lowest BCUT2D eigenvalue weighted by Gasteiger charge is -2.15. The highest BCUT2D eigenvalue weighted by atomic mass is 32.1. The van der Waals surface area contributed by atoms with Crippen LogP contribution in [0.15, 0.2) is 18.7 Å². The highest BCUT2D eigenvalue weighted by molar-refractivity contribution is 7.15. The van der Waals surface area contributed by atoms with Gasteiger partial charge >= 0.3 is 0 Å². The van der Waals surface area contributed by atoms with E-state index in [2.05, 4.69) is 52.5 Å². The molecule has 19 heavy (non-hydrogen) atoms. The standard InChI is InChI=1S/C13H21N5S/c1-13(2,3)11-15-16-12(19-11)17(4)7-5-8-18-9-6-14-10-18/h6,9-10H,5,7-8H2,1-4H3. The Morgan fingerprint density at radius 2 is 2.11 bits per heavy atom. The van der Waals surface area contributed by atoms with Crippen molar-refractivity contribution in [2.24, 2.45) is 0 Å². The molecule has 0 saturated heterocycles. The van der Waals surface area contributed by atoms with Gasteiger partial charge in [0.25, 0.3) is 0 Å². The molecule has 6 heteroatoms. The summed E-state index contributed by atoms with van der Waals surface area (Å²) < 4.78 is 2.09. The van der Waals surface area contributed by atoms with Gasteiger partial charge in [0, 0.05) is 37.9 Å². The largest absolute Gasteiger partial charge is 0.350 e. The first-order valence-corrected chi connectivity index (χ1v) is 7.29. The molecule has 104 valence electrons. The topological polar surface area (TPSA) is 46.8 Å². The molecule has 0 atom stereocenters. The van der Waals surface area contributed by atoms with Crippen LogP contribution < -0.4 is 4.90 Å². The summed E-state index contributed by atoms with van der Waals surface area (Å²) >= 11 is 1.68. The Balaban J connectivity index is 1.86. The second kappa shape index (κ2) is 5.69. The van der Waals surface area contributed by atoms with E-state index >= 15 is 0 Å². The number of aryl methyl sites for hydroxylation is 1. The molecular weight excluding hydrogens is 258 g/mol. The second-order valence-corrected chi connectivity index (χ2v) is 6.67. The molecule has 0 aliphatic heterocycles. The molecule has 0 aliphatic carbocycles. The number of anilines is 1. The van der Waals surface area contributed by atoms with Crippen LogP contribution in [0.5, 0.6) is 0 Å². The van der Waals surface area contributed by atoms with Gasteiger partial charge in [0.15, 0.2) is 0 Å². The van der Waals surface area contributed by atoms with Gasteiger partial charge < -0.3 is 9.47 Å². The van der Waals surface area contributed by atoms with Crippen molar-refractivity contribution >= 4 is 16.5 Å². The van der Waals surface area contributed by atoms with Crippen LogP contribution >= 0.6 is 11.3 Å². The molecule has 2 rings (SSSR count). The van der Waals surface area contributed by atoms with E-state index in [4.69, 9.17) is 0 Å². The van der Waals surface area contributed by atoms with E-state index in [1.807, 2.05) is 18.7 Å². The van der Waals surface area contributed by atoms with Crippen molar-refractivity contribution < 1.29 is 0 Å². The lowest BCUT2D eigenvalue weighted by Crippen LogP contribution is -2.19. The average Bonchev–Trinajstić information content (AvgIpc) is 2.99. The van der Waals surface area contributed by atoms with Gasteiger partial charge in [-0.05, 0) is 6.42 Å². The zero-order chi connectivity index (χ0) is 13.9. The summed E-state index contributed by atoms with van der Waals surface area (Å²) in [6.07, 6.45) is 6.71. The zero-order valence-corrected chi connectivity index (χ0v) is 12.8. The van der Waals surface area contributed by atoms with Crippen molar-refractivity contribution in [2.75, 3.05) is 18.5 Å². The molecule has 0 aromatic carbocycles. The molecule has 0 spiro atoms. The maximum absolute atomic E-state index is 4.28. The first-order valence-electron chi connectivity index (χ1n) is 6.47. The van der Waals surface area contributed by atoms with Crippen LogP contribution in [0.1, 0.15) is 32.2 Å². The van der Waals surface area contributed by atoms with Gasteiger partial charge in [-0.2, -0.15) is 0 Å². The van der Waals surface area contributed by atoms with Crippen LogP contribution in [0.25, 0.3) is 0 Å². The van der Waals surface area contributed by atoms with E-state index in [1.54, 1.807) is 11.3 Å². The van der Waals surface area contributed by atoms with Gasteiger partial charge in [-0.25, -0.2) is 4.98 Å². The van der Waals surface area contributed by atoms with Gasteiger partial charge in [0.05, 0.1) is 6.33 Å².